The third kappa shape index (κ3) is 5.14. The molecule has 0 unspecified atom stereocenters. The Morgan fingerprint density at radius 2 is 1.43 bits per heavy atom. The second-order valence-electron chi connectivity index (χ2n) is 7.88. The van der Waals surface area contributed by atoms with Gasteiger partial charge in [0.2, 0.25) is 11.9 Å². The molecule has 1 heterocycles. The smallest absolute Gasteiger partial charge is 0.229 e. The van der Waals surface area contributed by atoms with E-state index < -0.39 is 0 Å². The van der Waals surface area contributed by atoms with Gasteiger partial charge in [-0.3, -0.25) is 4.79 Å². The standard InChI is InChI=1S/C24H27N5O/c1-16-7-9-21(10-8-16)28-24-25-17(2)15-22(29-24)26-19-11-13-20(14-12-19)27-23(30)18-5-3-4-6-18/h7-15,18H,3-6H2,1-2H3,(H,27,30)(H2,25,26,28,29). The summed E-state index contributed by atoms with van der Waals surface area (Å²) in [5, 5.41) is 9.58. The number of benzene rings is 2. The van der Waals surface area contributed by atoms with Crippen LogP contribution < -0.4 is 16.0 Å². The molecule has 1 saturated carbocycles. The Kier molecular flexibility index (Phi) is 5.93. The minimum Gasteiger partial charge on any atom is -0.340 e. The highest BCUT2D eigenvalue weighted by atomic mass is 16.1. The zero-order valence-electron chi connectivity index (χ0n) is 17.4. The van der Waals surface area contributed by atoms with Crippen molar-refractivity contribution in [3.8, 4) is 0 Å². The molecule has 6 nitrogen and oxygen atoms in total. The summed E-state index contributed by atoms with van der Waals surface area (Å²) < 4.78 is 0. The molecule has 30 heavy (non-hydrogen) atoms. The molecular weight excluding hydrogens is 374 g/mol. The van der Waals surface area contributed by atoms with Gasteiger partial charge in [-0.05, 0) is 63.1 Å². The van der Waals surface area contributed by atoms with Gasteiger partial charge in [-0.15, -0.1) is 0 Å². The molecule has 0 radical (unpaired) electrons. The molecule has 0 bridgehead atoms. The molecule has 1 aliphatic rings. The molecule has 0 aliphatic heterocycles. The minimum atomic E-state index is 0.131. The summed E-state index contributed by atoms with van der Waals surface area (Å²) in [5.41, 5.74) is 4.73. The van der Waals surface area contributed by atoms with E-state index in [1.165, 1.54) is 5.56 Å². The lowest BCUT2D eigenvalue weighted by molar-refractivity contribution is -0.119. The summed E-state index contributed by atoms with van der Waals surface area (Å²) >= 11 is 0. The van der Waals surface area contributed by atoms with Crippen LogP contribution >= 0.6 is 0 Å². The predicted molar refractivity (Wildman–Crippen MR) is 122 cm³/mol. The Labute approximate surface area is 177 Å². The van der Waals surface area contributed by atoms with Crippen LogP contribution in [-0.2, 0) is 4.79 Å². The average molecular weight is 402 g/mol. The van der Waals surface area contributed by atoms with Crippen LogP contribution in [0.3, 0.4) is 0 Å². The number of anilines is 5. The van der Waals surface area contributed by atoms with E-state index in [-0.39, 0.29) is 11.8 Å². The Hall–Kier alpha value is -3.41. The summed E-state index contributed by atoms with van der Waals surface area (Å²) in [6.45, 7) is 4.00. The molecular formula is C24H27N5O. The molecule has 3 aromatic rings. The molecule has 3 N–H and O–H groups in total. The predicted octanol–water partition coefficient (Wildman–Crippen LogP) is 5.71. The molecule has 1 aromatic heterocycles. The van der Waals surface area contributed by atoms with Crippen LogP contribution in [0, 0.1) is 19.8 Å². The Morgan fingerprint density at radius 1 is 0.833 bits per heavy atom. The quantitative estimate of drug-likeness (QED) is 0.493. The number of hydrogen-bond donors (Lipinski definition) is 3. The van der Waals surface area contributed by atoms with Gasteiger partial charge >= 0.3 is 0 Å². The highest BCUT2D eigenvalue weighted by Crippen LogP contribution is 2.26. The van der Waals surface area contributed by atoms with Crippen molar-refractivity contribution in [1.82, 2.24) is 9.97 Å². The average Bonchev–Trinajstić information content (AvgIpc) is 3.26. The van der Waals surface area contributed by atoms with Gasteiger partial charge in [0.05, 0.1) is 0 Å². The first-order valence-electron chi connectivity index (χ1n) is 10.4. The third-order valence-electron chi connectivity index (χ3n) is 5.31. The lowest BCUT2D eigenvalue weighted by Gasteiger charge is -2.12. The first-order valence-corrected chi connectivity index (χ1v) is 10.4. The lowest BCUT2D eigenvalue weighted by atomic mass is 10.1. The monoisotopic (exact) mass is 401 g/mol. The maximum Gasteiger partial charge on any atom is 0.229 e. The largest absolute Gasteiger partial charge is 0.340 e. The van der Waals surface area contributed by atoms with Crippen molar-refractivity contribution in [2.45, 2.75) is 39.5 Å². The number of aromatic nitrogens is 2. The van der Waals surface area contributed by atoms with Crippen LogP contribution in [0.1, 0.15) is 36.9 Å². The van der Waals surface area contributed by atoms with Crippen molar-refractivity contribution in [3.05, 3.63) is 65.9 Å². The van der Waals surface area contributed by atoms with Gasteiger partial charge in [-0.2, -0.15) is 4.98 Å². The summed E-state index contributed by atoms with van der Waals surface area (Å²) in [5.74, 6) is 1.54. The fourth-order valence-corrected chi connectivity index (χ4v) is 3.67. The van der Waals surface area contributed by atoms with Crippen LogP contribution in [0.4, 0.5) is 28.8 Å². The molecule has 0 spiro atoms. The third-order valence-corrected chi connectivity index (χ3v) is 5.31. The van der Waals surface area contributed by atoms with E-state index >= 15 is 0 Å². The summed E-state index contributed by atoms with van der Waals surface area (Å²) in [6.07, 6.45) is 4.30. The molecule has 0 atom stereocenters. The fourth-order valence-electron chi connectivity index (χ4n) is 3.67. The molecule has 154 valence electrons. The summed E-state index contributed by atoms with van der Waals surface area (Å²) in [4.78, 5) is 21.3. The molecule has 1 amide bonds. The number of hydrogen-bond acceptors (Lipinski definition) is 5. The van der Waals surface area contributed by atoms with Crippen LogP contribution in [0.25, 0.3) is 0 Å². The van der Waals surface area contributed by atoms with Gasteiger partial charge in [-0.25, -0.2) is 4.98 Å². The Bertz CT molecular complexity index is 1010. The maximum atomic E-state index is 12.3. The van der Waals surface area contributed by atoms with Crippen LogP contribution in [-0.4, -0.2) is 15.9 Å². The molecule has 4 rings (SSSR count). The van der Waals surface area contributed by atoms with Crippen molar-refractivity contribution in [1.29, 1.82) is 0 Å². The van der Waals surface area contributed by atoms with E-state index in [9.17, 15) is 4.79 Å². The van der Waals surface area contributed by atoms with Crippen LogP contribution in [0.5, 0.6) is 0 Å². The molecule has 1 aliphatic carbocycles. The Balaban J connectivity index is 1.41. The minimum absolute atomic E-state index is 0.131. The zero-order chi connectivity index (χ0) is 20.9. The van der Waals surface area contributed by atoms with Crippen molar-refractivity contribution < 1.29 is 4.79 Å². The lowest BCUT2D eigenvalue weighted by Crippen LogP contribution is -2.20. The van der Waals surface area contributed by atoms with Crippen molar-refractivity contribution in [2.75, 3.05) is 16.0 Å². The number of carbonyl (C=O) groups is 1. The van der Waals surface area contributed by atoms with Gasteiger partial charge in [0, 0.05) is 34.7 Å². The van der Waals surface area contributed by atoms with E-state index in [1.54, 1.807) is 0 Å². The number of nitrogens with one attached hydrogen (secondary N) is 3. The van der Waals surface area contributed by atoms with Crippen molar-refractivity contribution in [2.24, 2.45) is 5.92 Å². The van der Waals surface area contributed by atoms with Gasteiger partial charge in [0.15, 0.2) is 0 Å². The topological polar surface area (TPSA) is 78.9 Å². The van der Waals surface area contributed by atoms with Crippen LogP contribution in [0.2, 0.25) is 0 Å². The first-order chi connectivity index (χ1) is 14.5. The SMILES string of the molecule is Cc1ccc(Nc2nc(C)cc(Nc3ccc(NC(=O)C4CCCC4)cc3)n2)cc1. The van der Waals surface area contributed by atoms with E-state index in [0.29, 0.717) is 11.8 Å². The van der Waals surface area contributed by atoms with Gasteiger partial charge in [0.25, 0.3) is 0 Å². The van der Waals surface area contributed by atoms with Crippen LogP contribution in [0.15, 0.2) is 54.6 Å². The van der Waals surface area contributed by atoms with E-state index in [4.69, 9.17) is 0 Å². The van der Waals surface area contributed by atoms with Gasteiger partial charge < -0.3 is 16.0 Å². The molecule has 2 aromatic carbocycles. The molecule has 0 saturated heterocycles. The highest BCUT2D eigenvalue weighted by Gasteiger charge is 2.22. The zero-order valence-corrected chi connectivity index (χ0v) is 17.4. The fraction of sp³-hybridized carbons (Fsp3) is 0.292. The van der Waals surface area contributed by atoms with Crippen molar-refractivity contribution >= 4 is 34.7 Å². The highest BCUT2D eigenvalue weighted by molar-refractivity contribution is 5.92. The summed E-state index contributed by atoms with van der Waals surface area (Å²) in [7, 11) is 0. The Morgan fingerprint density at radius 3 is 2.13 bits per heavy atom. The number of nitrogens with zero attached hydrogens (tertiary/aromatic N) is 2. The normalized spacial score (nSPS) is 13.8. The van der Waals surface area contributed by atoms with Gasteiger partial charge in [-0.1, -0.05) is 30.5 Å². The molecule has 1 fully saturated rings. The first kappa shape index (κ1) is 19.9. The van der Waals surface area contributed by atoms with E-state index in [1.807, 2.05) is 61.5 Å². The number of rotatable bonds is 6. The second-order valence-corrected chi connectivity index (χ2v) is 7.88. The number of aryl methyl sites for hydroxylation is 2. The van der Waals surface area contributed by atoms with E-state index in [2.05, 4.69) is 32.8 Å². The second kappa shape index (κ2) is 8.95. The van der Waals surface area contributed by atoms with E-state index in [0.717, 1.165) is 48.4 Å². The number of amides is 1. The molecule has 6 heteroatoms. The number of carbonyl (C=O) groups excluding carboxylic acids is 1. The maximum absolute atomic E-state index is 12.3. The summed E-state index contributed by atoms with van der Waals surface area (Å²) in [6, 6.07) is 17.7. The van der Waals surface area contributed by atoms with Gasteiger partial charge in [0.1, 0.15) is 5.82 Å². The van der Waals surface area contributed by atoms with Crippen molar-refractivity contribution in [3.63, 3.8) is 0 Å².